The summed E-state index contributed by atoms with van der Waals surface area (Å²) in [7, 11) is 0. The third-order valence-corrected chi connectivity index (χ3v) is 2.90. The van der Waals surface area contributed by atoms with E-state index in [9.17, 15) is 0 Å². The fraction of sp³-hybridized carbons (Fsp3) is 0.125. The third-order valence-electron chi connectivity index (χ3n) is 2.90. The van der Waals surface area contributed by atoms with Gasteiger partial charge in [-0.1, -0.05) is 67.6 Å². The zero-order chi connectivity index (χ0) is 10.3. The van der Waals surface area contributed by atoms with Crippen molar-refractivity contribution >= 4 is 21.5 Å². The highest BCUT2D eigenvalue weighted by atomic mass is 14.0. The van der Waals surface area contributed by atoms with E-state index in [2.05, 4.69) is 61.5 Å². The van der Waals surface area contributed by atoms with Crippen LogP contribution in [-0.2, 0) is 0 Å². The molecule has 0 aliphatic carbocycles. The molecule has 0 heteroatoms. The van der Waals surface area contributed by atoms with E-state index in [4.69, 9.17) is 0 Å². The van der Waals surface area contributed by atoms with Gasteiger partial charge >= 0.3 is 0 Å². The second-order valence-corrected chi connectivity index (χ2v) is 4.01. The first-order valence-electron chi connectivity index (χ1n) is 5.23. The quantitative estimate of drug-likeness (QED) is 0.459. The number of rotatable bonds is 0. The molecule has 3 aromatic carbocycles. The molecular formula is C16H16. The van der Waals surface area contributed by atoms with Crippen LogP contribution in [0.3, 0.4) is 0 Å². The van der Waals surface area contributed by atoms with Gasteiger partial charge in [0.15, 0.2) is 0 Å². The van der Waals surface area contributed by atoms with Crippen LogP contribution in [0.4, 0.5) is 0 Å². The zero-order valence-electron chi connectivity index (χ0n) is 8.70. The first-order valence-corrected chi connectivity index (χ1v) is 5.23. The van der Waals surface area contributed by atoms with Gasteiger partial charge < -0.3 is 0 Å². The van der Waals surface area contributed by atoms with E-state index in [0.717, 1.165) is 0 Å². The largest absolute Gasteiger partial charge is 0.0776 e. The number of benzene rings is 3. The first-order chi connectivity index (χ1) is 7.34. The van der Waals surface area contributed by atoms with Gasteiger partial charge in [-0.15, -0.1) is 0 Å². The highest BCUT2D eigenvalue weighted by Gasteiger charge is 1.99. The second kappa shape index (κ2) is 3.97. The minimum Gasteiger partial charge on any atom is -0.0776 e. The van der Waals surface area contributed by atoms with E-state index >= 15 is 0 Å². The molecule has 0 aliphatic rings. The van der Waals surface area contributed by atoms with E-state index in [1.54, 1.807) is 0 Å². The molecule has 0 aliphatic heterocycles. The number of hydrogen-bond acceptors (Lipinski definition) is 0. The van der Waals surface area contributed by atoms with Crippen LogP contribution in [0.1, 0.15) is 13.0 Å². The average Bonchev–Trinajstić information content (AvgIpc) is 2.29. The molecule has 80 valence electrons. The van der Waals surface area contributed by atoms with Gasteiger partial charge in [0, 0.05) is 0 Å². The Bertz CT molecular complexity index is 636. The van der Waals surface area contributed by atoms with Crippen LogP contribution < -0.4 is 0 Å². The minimum atomic E-state index is 0. The van der Waals surface area contributed by atoms with Crippen molar-refractivity contribution in [2.45, 2.75) is 14.4 Å². The molecule has 0 atom stereocenters. The summed E-state index contributed by atoms with van der Waals surface area (Å²) in [5.41, 5.74) is 1.32. The monoisotopic (exact) mass is 208 g/mol. The molecule has 0 saturated carbocycles. The molecule has 0 spiro atoms. The maximum absolute atomic E-state index is 2.26. The van der Waals surface area contributed by atoms with Crippen molar-refractivity contribution < 1.29 is 0 Å². The van der Waals surface area contributed by atoms with Gasteiger partial charge in [-0.3, -0.25) is 0 Å². The molecule has 0 unspecified atom stereocenters. The van der Waals surface area contributed by atoms with Crippen molar-refractivity contribution in [3.8, 4) is 0 Å². The number of fused-ring (bicyclic) bond motifs is 3. The predicted octanol–water partition coefficient (Wildman–Crippen LogP) is 4.94. The van der Waals surface area contributed by atoms with E-state index in [-0.39, 0.29) is 7.43 Å². The van der Waals surface area contributed by atoms with Crippen molar-refractivity contribution in [2.24, 2.45) is 0 Å². The molecular weight excluding hydrogens is 192 g/mol. The number of aryl methyl sites for hydroxylation is 1. The highest BCUT2D eigenvalue weighted by molar-refractivity contribution is 6.07. The van der Waals surface area contributed by atoms with Crippen molar-refractivity contribution in [2.75, 3.05) is 0 Å². The molecule has 16 heavy (non-hydrogen) atoms. The third kappa shape index (κ3) is 1.57. The smallest absolute Gasteiger partial charge is 0.0103 e. The average molecular weight is 208 g/mol. The van der Waals surface area contributed by atoms with Crippen LogP contribution in [0.25, 0.3) is 21.5 Å². The van der Waals surface area contributed by atoms with E-state index in [1.807, 2.05) is 0 Å². The summed E-state index contributed by atoms with van der Waals surface area (Å²) in [6.07, 6.45) is 0. The molecule has 0 fully saturated rings. The lowest BCUT2D eigenvalue weighted by Gasteiger charge is -2.04. The molecule has 3 aromatic rings. The van der Waals surface area contributed by atoms with E-state index in [1.165, 1.54) is 27.1 Å². The maximum Gasteiger partial charge on any atom is -0.0103 e. The molecule has 0 saturated heterocycles. The summed E-state index contributed by atoms with van der Waals surface area (Å²) >= 11 is 0. The van der Waals surface area contributed by atoms with Crippen molar-refractivity contribution in [3.63, 3.8) is 0 Å². The fourth-order valence-corrected chi connectivity index (χ4v) is 2.12. The van der Waals surface area contributed by atoms with Gasteiger partial charge in [-0.05, 0) is 28.5 Å². The summed E-state index contributed by atoms with van der Waals surface area (Å²) < 4.78 is 0. The van der Waals surface area contributed by atoms with E-state index < -0.39 is 0 Å². The van der Waals surface area contributed by atoms with Gasteiger partial charge in [0.05, 0.1) is 0 Å². The second-order valence-electron chi connectivity index (χ2n) is 4.01. The van der Waals surface area contributed by atoms with Crippen molar-refractivity contribution in [1.29, 1.82) is 0 Å². The topological polar surface area (TPSA) is 0 Å². The maximum atomic E-state index is 2.26. The lowest BCUT2D eigenvalue weighted by Crippen LogP contribution is -1.78. The Morgan fingerprint density at radius 2 is 1.31 bits per heavy atom. The SMILES string of the molecule is C.Cc1ccc2ccc3ccccc3c2c1. The molecule has 0 radical (unpaired) electrons. The fourth-order valence-electron chi connectivity index (χ4n) is 2.12. The summed E-state index contributed by atoms with van der Waals surface area (Å²) in [4.78, 5) is 0. The van der Waals surface area contributed by atoms with Crippen LogP contribution in [0.15, 0.2) is 54.6 Å². The lowest BCUT2D eigenvalue weighted by atomic mass is 10.0. The van der Waals surface area contributed by atoms with Crippen LogP contribution >= 0.6 is 0 Å². The van der Waals surface area contributed by atoms with Crippen molar-refractivity contribution in [3.05, 3.63) is 60.2 Å². The van der Waals surface area contributed by atoms with Gasteiger partial charge in [-0.25, -0.2) is 0 Å². The Kier molecular flexibility index (Phi) is 2.66. The van der Waals surface area contributed by atoms with Crippen LogP contribution in [0.5, 0.6) is 0 Å². The van der Waals surface area contributed by atoms with E-state index in [0.29, 0.717) is 0 Å². The summed E-state index contributed by atoms with van der Waals surface area (Å²) in [5, 5.41) is 5.33. The molecule has 0 nitrogen and oxygen atoms in total. The summed E-state index contributed by atoms with van der Waals surface area (Å²) in [6.45, 7) is 2.14. The molecule has 3 rings (SSSR count). The Labute approximate surface area is 96.5 Å². The van der Waals surface area contributed by atoms with Gasteiger partial charge in [-0.2, -0.15) is 0 Å². The van der Waals surface area contributed by atoms with Gasteiger partial charge in [0.25, 0.3) is 0 Å². The minimum absolute atomic E-state index is 0. The summed E-state index contributed by atoms with van der Waals surface area (Å²) in [5.74, 6) is 0. The van der Waals surface area contributed by atoms with Gasteiger partial charge in [0.2, 0.25) is 0 Å². The number of hydrogen-bond donors (Lipinski definition) is 0. The van der Waals surface area contributed by atoms with Crippen LogP contribution in [-0.4, -0.2) is 0 Å². The highest BCUT2D eigenvalue weighted by Crippen LogP contribution is 2.25. The Morgan fingerprint density at radius 3 is 2.12 bits per heavy atom. The van der Waals surface area contributed by atoms with Crippen molar-refractivity contribution in [1.82, 2.24) is 0 Å². The van der Waals surface area contributed by atoms with Crippen LogP contribution in [0.2, 0.25) is 0 Å². The Balaban J connectivity index is 0.000000963. The Hall–Kier alpha value is -1.82. The Morgan fingerprint density at radius 1 is 0.688 bits per heavy atom. The molecule has 0 heterocycles. The predicted molar refractivity (Wildman–Crippen MR) is 72.9 cm³/mol. The summed E-state index contributed by atoms with van der Waals surface area (Å²) in [6, 6.07) is 19.5. The molecule has 0 aromatic heterocycles. The zero-order valence-corrected chi connectivity index (χ0v) is 8.70. The normalized spacial score (nSPS) is 10.3. The molecule has 0 bridgehead atoms. The lowest BCUT2D eigenvalue weighted by molar-refractivity contribution is 1.51. The van der Waals surface area contributed by atoms with Crippen LogP contribution in [0, 0.1) is 6.92 Å². The first kappa shape index (κ1) is 10.7. The molecule has 0 amide bonds. The molecule has 0 N–H and O–H groups in total. The van der Waals surface area contributed by atoms with Gasteiger partial charge in [0.1, 0.15) is 0 Å². The standard InChI is InChI=1S/C15H12.CH4/c1-11-6-7-13-9-8-12-4-2-3-5-14(12)15(13)10-11;/h2-10H,1H3;1H4.